The Bertz CT molecular complexity index is 529. The van der Waals surface area contributed by atoms with Gasteiger partial charge >= 0.3 is 5.97 Å². The number of hydrogen-bond donors (Lipinski definition) is 0. The molecule has 4 nitrogen and oxygen atoms in total. The van der Waals surface area contributed by atoms with Gasteiger partial charge in [-0.05, 0) is 18.2 Å². The Morgan fingerprint density at radius 2 is 2.10 bits per heavy atom. The van der Waals surface area contributed by atoms with Crippen molar-refractivity contribution in [3.8, 4) is 0 Å². The maximum absolute atomic E-state index is 13.5. The van der Waals surface area contributed by atoms with Gasteiger partial charge in [-0.1, -0.05) is 15.9 Å². The van der Waals surface area contributed by atoms with Crippen LogP contribution in [0.15, 0.2) is 34.9 Å². The van der Waals surface area contributed by atoms with Gasteiger partial charge in [-0.15, -0.1) is 0 Å². The number of hydrogen-bond acceptors (Lipinski definition) is 4. The van der Waals surface area contributed by atoms with E-state index in [2.05, 4.69) is 15.9 Å². The summed E-state index contributed by atoms with van der Waals surface area (Å²) in [7, 11) is 3.53. The number of halogens is 2. The summed E-state index contributed by atoms with van der Waals surface area (Å²) >= 11 is 3.11. The molecule has 0 fully saturated rings. The maximum atomic E-state index is 13.5. The Morgan fingerprint density at radius 1 is 1.40 bits per heavy atom. The summed E-state index contributed by atoms with van der Waals surface area (Å²) in [4.78, 5) is 24.7. The van der Waals surface area contributed by atoms with E-state index in [1.165, 1.54) is 18.2 Å². The molecule has 0 heterocycles. The van der Waals surface area contributed by atoms with E-state index in [-0.39, 0.29) is 18.6 Å². The Morgan fingerprint density at radius 3 is 2.70 bits per heavy atom. The van der Waals surface area contributed by atoms with Gasteiger partial charge in [-0.25, -0.2) is 9.18 Å². The molecule has 0 spiro atoms. The summed E-state index contributed by atoms with van der Waals surface area (Å²) in [6.45, 7) is -0.0784. The quantitative estimate of drug-likeness (QED) is 0.452. The third-order valence-corrected chi connectivity index (χ3v) is 2.81. The lowest BCUT2D eigenvalue weighted by atomic mass is 10.1. The van der Waals surface area contributed by atoms with E-state index in [4.69, 9.17) is 4.74 Å². The third-order valence-electron chi connectivity index (χ3n) is 2.31. The first kappa shape index (κ1) is 16.4. The molecular formula is C14H15BrFNO3. The first-order valence-corrected chi connectivity index (χ1v) is 6.69. The highest BCUT2D eigenvalue weighted by molar-refractivity contribution is 9.10. The van der Waals surface area contributed by atoms with Crippen LogP contribution in [0.25, 0.3) is 0 Å². The minimum absolute atomic E-state index is 0.00641. The molecule has 0 saturated carbocycles. The van der Waals surface area contributed by atoms with Crippen LogP contribution in [0.4, 0.5) is 4.39 Å². The van der Waals surface area contributed by atoms with E-state index in [1.807, 2.05) is 0 Å². The normalized spacial score (nSPS) is 10.6. The second-order valence-electron chi connectivity index (χ2n) is 4.24. The van der Waals surface area contributed by atoms with Crippen LogP contribution in [0.3, 0.4) is 0 Å². The molecule has 0 aliphatic rings. The third kappa shape index (κ3) is 5.52. The van der Waals surface area contributed by atoms with E-state index in [0.29, 0.717) is 4.47 Å². The van der Waals surface area contributed by atoms with Crippen LogP contribution >= 0.6 is 15.9 Å². The first-order valence-electron chi connectivity index (χ1n) is 5.90. The van der Waals surface area contributed by atoms with Crippen LogP contribution in [0.1, 0.15) is 16.8 Å². The molecule has 6 heteroatoms. The van der Waals surface area contributed by atoms with Gasteiger partial charge in [0.05, 0.1) is 12.2 Å². The standard InChI is InChI=1S/C14H15BrFNO3/c1-17(2)7-5-14(19)20-8-6-13(18)11-4-3-10(15)9-12(11)16/h3-5,7,9H,6,8H2,1-2H3/b7-5-. The number of ketones is 1. The van der Waals surface area contributed by atoms with Crippen molar-refractivity contribution in [3.05, 3.63) is 46.3 Å². The van der Waals surface area contributed by atoms with Gasteiger partial charge in [0, 0.05) is 37.3 Å². The van der Waals surface area contributed by atoms with Gasteiger partial charge in [-0.3, -0.25) is 4.79 Å². The van der Waals surface area contributed by atoms with Crippen molar-refractivity contribution in [1.29, 1.82) is 0 Å². The molecule has 20 heavy (non-hydrogen) atoms. The molecule has 0 amide bonds. The van der Waals surface area contributed by atoms with Crippen LogP contribution in [0.2, 0.25) is 0 Å². The van der Waals surface area contributed by atoms with Gasteiger partial charge < -0.3 is 9.64 Å². The Balaban J connectivity index is 2.46. The molecule has 0 bridgehead atoms. The molecule has 0 unspecified atom stereocenters. The zero-order valence-electron chi connectivity index (χ0n) is 11.2. The lowest BCUT2D eigenvalue weighted by Gasteiger charge is -2.05. The molecule has 1 aromatic carbocycles. The number of rotatable bonds is 6. The Labute approximate surface area is 125 Å². The zero-order chi connectivity index (χ0) is 15.1. The molecule has 0 aliphatic heterocycles. The van der Waals surface area contributed by atoms with Crippen molar-refractivity contribution >= 4 is 27.7 Å². The van der Waals surface area contributed by atoms with Crippen molar-refractivity contribution in [2.24, 2.45) is 0 Å². The fourth-order valence-electron chi connectivity index (χ4n) is 1.35. The largest absolute Gasteiger partial charge is 0.462 e. The van der Waals surface area contributed by atoms with Crippen molar-refractivity contribution in [1.82, 2.24) is 4.90 Å². The lowest BCUT2D eigenvalue weighted by Crippen LogP contribution is -2.10. The minimum atomic E-state index is -0.594. The zero-order valence-corrected chi connectivity index (χ0v) is 12.8. The highest BCUT2D eigenvalue weighted by Gasteiger charge is 2.12. The number of carbonyl (C=O) groups is 2. The summed E-state index contributed by atoms with van der Waals surface area (Å²) in [6, 6.07) is 4.21. The average Bonchev–Trinajstić information content (AvgIpc) is 2.36. The summed E-state index contributed by atoms with van der Waals surface area (Å²) in [5, 5.41) is 0. The fraction of sp³-hybridized carbons (Fsp3) is 0.286. The van der Waals surface area contributed by atoms with E-state index >= 15 is 0 Å². The molecule has 0 aromatic heterocycles. The molecule has 1 aromatic rings. The number of esters is 1. The van der Waals surface area contributed by atoms with E-state index < -0.39 is 17.6 Å². The lowest BCUT2D eigenvalue weighted by molar-refractivity contribution is -0.137. The Hall–Kier alpha value is -1.69. The van der Waals surface area contributed by atoms with Crippen LogP contribution in [0, 0.1) is 5.82 Å². The summed E-state index contributed by atoms with van der Waals surface area (Å²) in [5.41, 5.74) is -0.00641. The van der Waals surface area contributed by atoms with E-state index in [9.17, 15) is 14.0 Å². The van der Waals surface area contributed by atoms with Gasteiger partial charge in [0.25, 0.3) is 0 Å². The molecule has 0 atom stereocenters. The van der Waals surface area contributed by atoms with Crippen LogP contribution in [-0.4, -0.2) is 37.4 Å². The molecule has 0 aliphatic carbocycles. The number of benzene rings is 1. The van der Waals surface area contributed by atoms with Crippen LogP contribution in [-0.2, 0) is 9.53 Å². The van der Waals surface area contributed by atoms with Crippen molar-refractivity contribution in [3.63, 3.8) is 0 Å². The SMILES string of the molecule is CN(C)/C=C\C(=O)OCCC(=O)c1ccc(Br)cc1F. The van der Waals surface area contributed by atoms with Gasteiger partial charge in [-0.2, -0.15) is 0 Å². The van der Waals surface area contributed by atoms with E-state index in [1.54, 1.807) is 31.3 Å². The van der Waals surface area contributed by atoms with Gasteiger partial charge in [0.15, 0.2) is 5.78 Å². The second kappa shape index (κ2) is 7.79. The van der Waals surface area contributed by atoms with Crippen molar-refractivity contribution in [2.45, 2.75) is 6.42 Å². The molecule has 0 radical (unpaired) electrons. The molecule has 0 saturated heterocycles. The monoisotopic (exact) mass is 343 g/mol. The van der Waals surface area contributed by atoms with Crippen molar-refractivity contribution < 1.29 is 18.7 Å². The smallest absolute Gasteiger partial charge is 0.332 e. The molecule has 1 rings (SSSR count). The minimum Gasteiger partial charge on any atom is -0.462 e. The summed E-state index contributed by atoms with van der Waals surface area (Å²) in [5.74, 6) is -1.54. The summed E-state index contributed by atoms with van der Waals surface area (Å²) < 4.78 is 18.9. The van der Waals surface area contributed by atoms with E-state index in [0.717, 1.165) is 0 Å². The van der Waals surface area contributed by atoms with Crippen LogP contribution < -0.4 is 0 Å². The van der Waals surface area contributed by atoms with Gasteiger partial charge in [0.2, 0.25) is 0 Å². The molecular weight excluding hydrogens is 329 g/mol. The first-order chi connectivity index (χ1) is 9.40. The number of ether oxygens (including phenoxy) is 1. The molecule has 108 valence electrons. The number of Topliss-reactive ketones (excluding diaryl/α,β-unsaturated/α-hetero) is 1. The number of nitrogens with zero attached hydrogens (tertiary/aromatic N) is 1. The van der Waals surface area contributed by atoms with Crippen molar-refractivity contribution in [2.75, 3.05) is 20.7 Å². The predicted molar refractivity (Wildman–Crippen MR) is 76.8 cm³/mol. The number of carbonyl (C=O) groups excluding carboxylic acids is 2. The fourth-order valence-corrected chi connectivity index (χ4v) is 1.69. The second-order valence-corrected chi connectivity index (χ2v) is 5.16. The average molecular weight is 344 g/mol. The maximum Gasteiger partial charge on any atom is 0.332 e. The summed E-state index contributed by atoms with van der Waals surface area (Å²) in [6.07, 6.45) is 2.74. The topological polar surface area (TPSA) is 46.6 Å². The van der Waals surface area contributed by atoms with Crippen LogP contribution in [0.5, 0.6) is 0 Å². The Kier molecular flexibility index (Phi) is 6.38. The highest BCUT2D eigenvalue weighted by atomic mass is 79.9. The molecule has 0 N–H and O–H groups in total. The van der Waals surface area contributed by atoms with Gasteiger partial charge in [0.1, 0.15) is 5.82 Å². The predicted octanol–water partition coefficient (Wildman–Crippen LogP) is 2.78. The highest BCUT2D eigenvalue weighted by Crippen LogP contribution is 2.16.